The summed E-state index contributed by atoms with van der Waals surface area (Å²) in [6, 6.07) is 10.5. The van der Waals surface area contributed by atoms with E-state index in [1.54, 1.807) is 32.4 Å². The summed E-state index contributed by atoms with van der Waals surface area (Å²) in [6.07, 6.45) is 0.611. The van der Waals surface area contributed by atoms with Crippen LogP contribution in [-0.4, -0.2) is 35.4 Å². The van der Waals surface area contributed by atoms with Crippen LogP contribution in [-0.2, 0) is 16.6 Å². The van der Waals surface area contributed by atoms with Crippen molar-refractivity contribution in [2.45, 2.75) is 20.0 Å². The molecule has 0 N–H and O–H groups in total. The van der Waals surface area contributed by atoms with Crippen molar-refractivity contribution in [1.29, 1.82) is 0 Å². The van der Waals surface area contributed by atoms with Crippen LogP contribution < -0.4 is 4.90 Å². The number of anilines is 1. The summed E-state index contributed by atoms with van der Waals surface area (Å²) in [5.74, 6) is -1.12. The van der Waals surface area contributed by atoms with Crippen molar-refractivity contribution in [3.8, 4) is 0 Å². The van der Waals surface area contributed by atoms with Crippen LogP contribution in [0.3, 0.4) is 0 Å². The number of hydrogen-bond acceptors (Lipinski definition) is 4. The molecule has 126 valence electrons. The van der Waals surface area contributed by atoms with Gasteiger partial charge in [-0.3, -0.25) is 9.59 Å². The highest BCUT2D eigenvalue weighted by atomic mass is 16.5. The number of rotatable bonds is 5. The highest BCUT2D eigenvalue weighted by Gasteiger charge is 2.24. The zero-order valence-electron chi connectivity index (χ0n) is 14.1. The molecule has 1 aromatic carbocycles. The number of likely N-dealkylation sites (N-methyl/N-ethyl adjacent to an activating group) is 1. The highest BCUT2D eigenvalue weighted by Crippen LogP contribution is 2.15. The molecule has 0 radical (unpaired) electrons. The lowest BCUT2D eigenvalue weighted by Crippen LogP contribution is -2.37. The molecule has 0 aliphatic carbocycles. The molecule has 0 bridgehead atoms. The number of para-hydroxylation sites is 1. The zero-order chi connectivity index (χ0) is 17.9. The predicted molar refractivity (Wildman–Crippen MR) is 90.1 cm³/mol. The Morgan fingerprint density at radius 3 is 2.33 bits per heavy atom. The Hall–Kier alpha value is -2.89. The third kappa shape index (κ3) is 3.71. The van der Waals surface area contributed by atoms with E-state index < -0.39 is 12.1 Å². The first-order chi connectivity index (χ1) is 11.3. The average Bonchev–Trinajstić information content (AvgIpc) is 2.96. The van der Waals surface area contributed by atoms with Crippen molar-refractivity contribution in [3.05, 3.63) is 53.9 Å². The molecule has 0 saturated heterocycles. The van der Waals surface area contributed by atoms with Gasteiger partial charge in [-0.25, -0.2) is 4.79 Å². The van der Waals surface area contributed by atoms with Crippen molar-refractivity contribution in [2.75, 3.05) is 11.9 Å². The minimum Gasteiger partial charge on any atom is -0.448 e. The van der Waals surface area contributed by atoms with Gasteiger partial charge in [-0.15, -0.1) is 0 Å². The van der Waals surface area contributed by atoms with Gasteiger partial charge >= 0.3 is 5.97 Å². The van der Waals surface area contributed by atoms with E-state index in [1.165, 1.54) is 29.4 Å². The second-order valence-corrected chi connectivity index (χ2v) is 5.56. The number of Topliss-reactive ketones (excluding diaryl/α,β-unsaturated/α-hetero) is 1. The Bertz CT molecular complexity index is 765. The van der Waals surface area contributed by atoms with E-state index >= 15 is 0 Å². The maximum atomic E-state index is 12.4. The van der Waals surface area contributed by atoms with Crippen LogP contribution in [0.15, 0.2) is 42.6 Å². The molecule has 2 rings (SSSR count). The van der Waals surface area contributed by atoms with E-state index in [1.807, 2.05) is 18.2 Å². The van der Waals surface area contributed by atoms with Crippen LogP contribution in [0.5, 0.6) is 0 Å². The number of ether oxygens (including phenoxy) is 1. The quantitative estimate of drug-likeness (QED) is 0.624. The smallest absolute Gasteiger partial charge is 0.355 e. The fraction of sp³-hybridized carbons (Fsp3) is 0.278. The first-order valence-corrected chi connectivity index (χ1v) is 7.52. The molecule has 6 nitrogen and oxygen atoms in total. The third-order valence-corrected chi connectivity index (χ3v) is 3.73. The summed E-state index contributed by atoms with van der Waals surface area (Å²) in [5, 5.41) is 0. The van der Waals surface area contributed by atoms with Gasteiger partial charge in [-0.05, 0) is 32.0 Å². The average molecular weight is 328 g/mol. The summed E-state index contributed by atoms with van der Waals surface area (Å²) in [4.78, 5) is 37.5. The van der Waals surface area contributed by atoms with Crippen LogP contribution in [0.4, 0.5) is 5.69 Å². The molecule has 0 fully saturated rings. The number of esters is 1. The van der Waals surface area contributed by atoms with Gasteiger partial charge in [0, 0.05) is 31.5 Å². The fourth-order valence-electron chi connectivity index (χ4n) is 2.28. The Balaban J connectivity index is 2.08. The van der Waals surface area contributed by atoms with Crippen molar-refractivity contribution >= 4 is 23.3 Å². The number of nitrogens with zero attached hydrogens (tertiary/aromatic N) is 2. The van der Waals surface area contributed by atoms with Crippen LogP contribution in [0.2, 0.25) is 0 Å². The van der Waals surface area contributed by atoms with Crippen LogP contribution in [0.25, 0.3) is 0 Å². The van der Waals surface area contributed by atoms with Crippen LogP contribution >= 0.6 is 0 Å². The lowest BCUT2D eigenvalue weighted by molar-refractivity contribution is -0.126. The predicted octanol–water partition coefficient (Wildman–Crippen LogP) is 2.44. The SMILES string of the molecule is CC(=O)c1cc(C(=O)O[C@@H](C)C(=O)N(C)c2ccccc2)n(C)c1. The lowest BCUT2D eigenvalue weighted by atomic mass is 10.2. The number of aryl methyl sites for hydroxylation is 1. The van der Waals surface area contributed by atoms with Crippen LogP contribution in [0, 0.1) is 0 Å². The molecule has 0 saturated carbocycles. The van der Waals surface area contributed by atoms with Gasteiger partial charge in [0.1, 0.15) is 5.69 Å². The van der Waals surface area contributed by atoms with E-state index in [0.29, 0.717) is 11.3 Å². The fourth-order valence-corrected chi connectivity index (χ4v) is 2.28. The second-order valence-electron chi connectivity index (χ2n) is 5.56. The summed E-state index contributed by atoms with van der Waals surface area (Å²) >= 11 is 0. The van der Waals surface area contributed by atoms with E-state index in [0.717, 1.165) is 0 Å². The Morgan fingerprint density at radius 2 is 1.79 bits per heavy atom. The molecule has 0 unspecified atom stereocenters. The molecule has 6 heteroatoms. The number of ketones is 1. The summed E-state index contributed by atoms with van der Waals surface area (Å²) in [6.45, 7) is 2.94. The minimum absolute atomic E-state index is 0.141. The molecule has 1 atom stereocenters. The van der Waals surface area contributed by atoms with Gasteiger partial charge < -0.3 is 14.2 Å². The maximum Gasteiger partial charge on any atom is 0.355 e. The molecular formula is C18H20N2O4. The Kier molecular flexibility index (Phi) is 5.18. The maximum absolute atomic E-state index is 12.4. The first kappa shape index (κ1) is 17.5. The number of carbonyl (C=O) groups is 3. The van der Waals surface area contributed by atoms with E-state index in [2.05, 4.69) is 0 Å². The Labute approximate surface area is 140 Å². The van der Waals surface area contributed by atoms with Gasteiger partial charge in [-0.1, -0.05) is 18.2 Å². The van der Waals surface area contributed by atoms with E-state index in [4.69, 9.17) is 4.74 Å². The first-order valence-electron chi connectivity index (χ1n) is 7.52. The van der Waals surface area contributed by atoms with E-state index in [-0.39, 0.29) is 17.4 Å². The monoisotopic (exact) mass is 328 g/mol. The van der Waals surface area contributed by atoms with Gasteiger partial charge in [0.25, 0.3) is 5.91 Å². The molecule has 1 amide bonds. The molecule has 1 heterocycles. The lowest BCUT2D eigenvalue weighted by Gasteiger charge is -2.21. The number of benzene rings is 1. The molecule has 0 spiro atoms. The third-order valence-electron chi connectivity index (χ3n) is 3.73. The number of amides is 1. The molecule has 2 aromatic rings. The largest absolute Gasteiger partial charge is 0.448 e. The minimum atomic E-state index is -0.946. The number of hydrogen-bond donors (Lipinski definition) is 0. The van der Waals surface area contributed by atoms with Crippen molar-refractivity contribution < 1.29 is 19.1 Å². The molecule has 24 heavy (non-hydrogen) atoms. The van der Waals surface area contributed by atoms with Gasteiger partial charge in [0.2, 0.25) is 0 Å². The molecule has 0 aliphatic heterocycles. The molecule has 0 aliphatic rings. The summed E-state index contributed by atoms with van der Waals surface area (Å²) < 4.78 is 6.76. The van der Waals surface area contributed by atoms with Gasteiger partial charge in [-0.2, -0.15) is 0 Å². The number of aromatic nitrogens is 1. The summed E-state index contributed by atoms with van der Waals surface area (Å²) in [5.41, 5.74) is 1.36. The topological polar surface area (TPSA) is 68.6 Å². The van der Waals surface area contributed by atoms with Crippen molar-refractivity contribution in [2.24, 2.45) is 7.05 Å². The highest BCUT2D eigenvalue weighted by molar-refractivity contribution is 6.00. The molecular weight excluding hydrogens is 308 g/mol. The van der Waals surface area contributed by atoms with Gasteiger partial charge in [0.05, 0.1) is 0 Å². The van der Waals surface area contributed by atoms with Crippen molar-refractivity contribution in [3.63, 3.8) is 0 Å². The summed E-state index contributed by atoms with van der Waals surface area (Å²) in [7, 11) is 3.27. The zero-order valence-corrected chi connectivity index (χ0v) is 14.1. The number of carbonyl (C=O) groups excluding carboxylic acids is 3. The van der Waals surface area contributed by atoms with Crippen molar-refractivity contribution in [1.82, 2.24) is 4.57 Å². The van der Waals surface area contributed by atoms with E-state index in [9.17, 15) is 14.4 Å². The van der Waals surface area contributed by atoms with Gasteiger partial charge in [0.15, 0.2) is 11.9 Å². The second kappa shape index (κ2) is 7.12. The Morgan fingerprint density at radius 1 is 1.17 bits per heavy atom. The standard InChI is InChI=1S/C18H20N2O4/c1-12(21)14-10-16(19(3)11-14)18(23)24-13(2)17(22)20(4)15-8-6-5-7-9-15/h5-11,13H,1-4H3/t13-/m0/s1. The van der Waals surface area contributed by atoms with Crippen LogP contribution in [0.1, 0.15) is 34.7 Å². The molecule has 1 aromatic heterocycles. The normalized spacial score (nSPS) is 11.7.